The number of ketones is 1. The molecule has 4 aliphatic carbocycles. The second-order valence-corrected chi connectivity index (χ2v) is 14.3. The molecule has 4 nitrogen and oxygen atoms in total. The van der Waals surface area contributed by atoms with Crippen molar-refractivity contribution in [2.24, 2.45) is 44.8 Å². The van der Waals surface area contributed by atoms with Crippen LogP contribution < -0.4 is 0 Å². The van der Waals surface area contributed by atoms with Gasteiger partial charge in [-0.05, 0) is 98.2 Å². The number of carbonyl (C=O) groups is 2. The molecule has 0 saturated heterocycles. The number of esters is 1. The van der Waals surface area contributed by atoms with Crippen molar-refractivity contribution >= 4 is 11.8 Å². The zero-order chi connectivity index (χ0) is 26.7. The summed E-state index contributed by atoms with van der Waals surface area (Å²) in [5.74, 6) is 0.470. The van der Waals surface area contributed by atoms with Gasteiger partial charge in [-0.15, -0.1) is 0 Å². The molecule has 7 atom stereocenters. The van der Waals surface area contributed by atoms with E-state index < -0.39 is 5.41 Å². The van der Waals surface area contributed by atoms with Crippen LogP contribution in [0.15, 0.2) is 23.3 Å². The number of ether oxygens (including phenoxy) is 1. The topological polar surface area (TPSA) is 67.2 Å². The van der Waals surface area contributed by atoms with Crippen molar-refractivity contribution in [3.63, 3.8) is 0 Å². The van der Waals surface area contributed by atoms with Crippen LogP contribution in [0.25, 0.3) is 0 Å². The number of nitriles is 1. The molecule has 0 amide bonds. The number of methoxy groups -OCH3 is 1. The summed E-state index contributed by atoms with van der Waals surface area (Å²) in [4.78, 5) is 26.0. The van der Waals surface area contributed by atoms with Crippen molar-refractivity contribution in [2.45, 2.75) is 106 Å². The number of rotatable bonds is 1. The first kappa shape index (κ1) is 27.2. The summed E-state index contributed by atoms with van der Waals surface area (Å²) < 4.78 is 5.34. The Morgan fingerprint density at radius 2 is 1.69 bits per heavy atom. The zero-order valence-corrected chi connectivity index (χ0v) is 23.9. The van der Waals surface area contributed by atoms with E-state index in [-0.39, 0.29) is 45.2 Å². The number of Topliss-reactive ketones (excluding diaryl/α,β-unsaturated/α-hetero) is 1. The van der Waals surface area contributed by atoms with Crippen molar-refractivity contribution in [1.29, 1.82) is 5.26 Å². The van der Waals surface area contributed by atoms with Gasteiger partial charge in [0.1, 0.15) is 6.07 Å². The highest BCUT2D eigenvalue weighted by atomic mass is 16.5. The van der Waals surface area contributed by atoms with Crippen LogP contribution in [0, 0.1) is 56.2 Å². The maximum absolute atomic E-state index is 13.1. The van der Waals surface area contributed by atoms with Gasteiger partial charge in [-0.25, -0.2) is 0 Å². The van der Waals surface area contributed by atoms with Crippen molar-refractivity contribution in [3.05, 3.63) is 23.3 Å². The average Bonchev–Trinajstić information content (AvgIpc) is 2.83. The van der Waals surface area contributed by atoms with Crippen LogP contribution in [0.2, 0.25) is 0 Å². The minimum atomic E-state index is -0.485. The standard InChI is InChI=1S/C32H47NO3/c1-21-24-12-14-32(7)25(30(24,5)19-22(20-33)26(21)34)10-9-23-11-13-28(2,3)15-16-29(4,27(35)36-8)17-18-31(23,32)6/h9,19,21,24-25H,10-18H2,1-8H3/t21-,24-,25+,29-,30-,31+,32+/m0/s1. The van der Waals surface area contributed by atoms with Gasteiger partial charge in [-0.1, -0.05) is 59.3 Å². The molecule has 0 heterocycles. The predicted octanol–water partition coefficient (Wildman–Crippen LogP) is 7.59. The molecule has 198 valence electrons. The van der Waals surface area contributed by atoms with Crippen LogP contribution >= 0.6 is 0 Å². The number of hydrogen-bond acceptors (Lipinski definition) is 4. The maximum atomic E-state index is 13.1. The fourth-order valence-corrected chi connectivity index (χ4v) is 8.94. The van der Waals surface area contributed by atoms with Gasteiger partial charge in [0.2, 0.25) is 0 Å². The number of hydrogen-bond donors (Lipinski definition) is 0. The van der Waals surface area contributed by atoms with Crippen molar-refractivity contribution in [2.75, 3.05) is 7.11 Å². The van der Waals surface area contributed by atoms with Crippen LogP contribution in [-0.2, 0) is 14.3 Å². The fraction of sp³-hybridized carbons (Fsp3) is 0.781. The SMILES string of the molecule is COC(=O)[C@@]1(C)CCC(C)(C)CCC2=CC[C@@H]3[C@@]4(C)C=C(C#N)C(=O)[C@@H](C)[C@@H]4CC[C@@]3(C)[C@]2(C)CC1. The van der Waals surface area contributed by atoms with Crippen LogP contribution in [0.1, 0.15) is 106 Å². The maximum Gasteiger partial charge on any atom is 0.311 e. The Kier molecular flexibility index (Phi) is 6.67. The second kappa shape index (κ2) is 8.85. The summed E-state index contributed by atoms with van der Waals surface area (Å²) in [5.41, 5.74) is 1.40. The lowest BCUT2D eigenvalue weighted by atomic mass is 9.38. The smallest absolute Gasteiger partial charge is 0.311 e. The Hall–Kier alpha value is -1.89. The van der Waals surface area contributed by atoms with E-state index in [9.17, 15) is 14.9 Å². The van der Waals surface area contributed by atoms with Crippen molar-refractivity contribution < 1.29 is 14.3 Å². The lowest BCUT2D eigenvalue weighted by Crippen LogP contribution is -2.59. The highest BCUT2D eigenvalue weighted by Crippen LogP contribution is 2.70. The van der Waals surface area contributed by atoms with E-state index in [2.05, 4.69) is 59.8 Å². The Bertz CT molecular complexity index is 1050. The van der Waals surface area contributed by atoms with E-state index in [0.717, 1.165) is 57.8 Å². The molecule has 0 aromatic rings. The number of nitrogens with zero attached hydrogens (tertiary/aromatic N) is 1. The minimum Gasteiger partial charge on any atom is -0.469 e. The fourth-order valence-electron chi connectivity index (χ4n) is 8.94. The van der Waals surface area contributed by atoms with Gasteiger partial charge in [0.25, 0.3) is 0 Å². The molecular formula is C32H47NO3. The summed E-state index contributed by atoms with van der Waals surface area (Å²) >= 11 is 0. The molecule has 4 heteroatoms. The van der Waals surface area contributed by atoms with Crippen LogP contribution in [0.3, 0.4) is 0 Å². The highest BCUT2D eigenvalue weighted by molar-refractivity contribution is 6.01. The molecule has 0 aromatic heterocycles. The molecule has 0 spiro atoms. The third kappa shape index (κ3) is 3.91. The lowest BCUT2D eigenvalue weighted by molar-refractivity contribution is -0.155. The Morgan fingerprint density at radius 3 is 2.33 bits per heavy atom. The van der Waals surface area contributed by atoms with Crippen LogP contribution in [0.4, 0.5) is 0 Å². The van der Waals surface area contributed by atoms with Gasteiger partial charge >= 0.3 is 5.97 Å². The molecular weight excluding hydrogens is 446 g/mol. The second-order valence-electron chi connectivity index (χ2n) is 14.3. The molecule has 0 aliphatic heterocycles. The van der Waals surface area contributed by atoms with E-state index >= 15 is 0 Å². The normalized spacial score (nSPS) is 44.5. The Labute approximate surface area is 218 Å². The Morgan fingerprint density at radius 1 is 1.03 bits per heavy atom. The van der Waals surface area contributed by atoms with Crippen LogP contribution in [0.5, 0.6) is 0 Å². The minimum absolute atomic E-state index is 0.0246. The summed E-state index contributed by atoms with van der Waals surface area (Å²) in [6.07, 6.45) is 13.6. The van der Waals surface area contributed by atoms with Gasteiger partial charge in [-0.2, -0.15) is 5.26 Å². The zero-order valence-electron chi connectivity index (χ0n) is 23.9. The van der Waals surface area contributed by atoms with Crippen LogP contribution in [-0.4, -0.2) is 18.9 Å². The van der Waals surface area contributed by atoms with E-state index in [1.807, 2.05) is 6.92 Å². The summed E-state index contributed by atoms with van der Waals surface area (Å²) in [6.45, 7) is 16.1. The summed E-state index contributed by atoms with van der Waals surface area (Å²) in [6, 6.07) is 2.23. The van der Waals surface area contributed by atoms with E-state index in [1.54, 1.807) is 5.57 Å². The molecule has 4 rings (SSSR count). The molecule has 0 aromatic carbocycles. The van der Waals surface area contributed by atoms with E-state index in [0.29, 0.717) is 11.5 Å². The van der Waals surface area contributed by atoms with Crippen molar-refractivity contribution in [3.8, 4) is 6.07 Å². The highest BCUT2D eigenvalue weighted by Gasteiger charge is 2.63. The van der Waals surface area contributed by atoms with Gasteiger partial charge in [0.05, 0.1) is 18.1 Å². The number of carbonyl (C=O) groups excluding carboxylic acids is 2. The van der Waals surface area contributed by atoms with Gasteiger partial charge < -0.3 is 4.74 Å². The monoisotopic (exact) mass is 493 g/mol. The molecule has 0 radical (unpaired) electrons. The largest absolute Gasteiger partial charge is 0.469 e. The quantitative estimate of drug-likeness (QED) is 0.279. The molecule has 36 heavy (non-hydrogen) atoms. The van der Waals surface area contributed by atoms with E-state index in [1.165, 1.54) is 7.11 Å². The number of fused-ring (bicyclic) bond motifs is 5. The van der Waals surface area contributed by atoms with Gasteiger partial charge in [0, 0.05) is 5.92 Å². The first-order valence-electron chi connectivity index (χ1n) is 14.1. The molecule has 2 fully saturated rings. The third-order valence-electron chi connectivity index (χ3n) is 12.0. The first-order chi connectivity index (χ1) is 16.7. The predicted molar refractivity (Wildman–Crippen MR) is 143 cm³/mol. The van der Waals surface area contributed by atoms with E-state index in [4.69, 9.17) is 4.74 Å². The average molecular weight is 494 g/mol. The molecule has 2 saturated carbocycles. The molecule has 0 bridgehead atoms. The summed E-state index contributed by atoms with van der Waals surface area (Å²) in [5, 5.41) is 9.80. The molecule has 0 N–H and O–H groups in total. The molecule has 0 unspecified atom stereocenters. The van der Waals surface area contributed by atoms with Gasteiger partial charge in [0.15, 0.2) is 5.78 Å². The third-order valence-corrected chi connectivity index (χ3v) is 12.0. The van der Waals surface area contributed by atoms with Crippen molar-refractivity contribution in [1.82, 2.24) is 0 Å². The first-order valence-corrected chi connectivity index (χ1v) is 14.1. The Balaban J connectivity index is 1.82. The molecule has 4 aliphatic rings. The summed E-state index contributed by atoms with van der Waals surface area (Å²) in [7, 11) is 1.52. The lowest BCUT2D eigenvalue weighted by Gasteiger charge is -2.66. The number of allylic oxidation sites excluding steroid dienone is 4. The van der Waals surface area contributed by atoms with Gasteiger partial charge in [-0.3, -0.25) is 9.59 Å².